The molecule has 1 aliphatic heterocycles. The topological polar surface area (TPSA) is 105 Å². The number of rotatable bonds is 1. The molecule has 1 amide bonds. The molecular formula is C9H14N4O3. The fourth-order valence-corrected chi connectivity index (χ4v) is 1.76. The molecule has 4 N–H and O–H groups in total. The van der Waals surface area contributed by atoms with E-state index in [0.29, 0.717) is 5.69 Å². The third-order valence-electron chi connectivity index (χ3n) is 2.61. The second-order valence-corrected chi connectivity index (χ2v) is 3.95. The van der Waals surface area contributed by atoms with Crippen LogP contribution in [0, 0.1) is 0 Å². The number of likely N-dealkylation sites (tertiary alicyclic amines) is 1. The first-order valence-electron chi connectivity index (χ1n) is 4.93. The van der Waals surface area contributed by atoms with Gasteiger partial charge in [-0.15, -0.1) is 0 Å². The van der Waals surface area contributed by atoms with Crippen LogP contribution in [0.2, 0.25) is 0 Å². The lowest BCUT2D eigenvalue weighted by atomic mass is 10.3. The highest BCUT2D eigenvalue weighted by Gasteiger charge is 2.34. The van der Waals surface area contributed by atoms with Gasteiger partial charge in [-0.25, -0.2) is 0 Å². The van der Waals surface area contributed by atoms with Crippen LogP contribution in [0.1, 0.15) is 10.5 Å². The molecule has 0 saturated carbocycles. The Morgan fingerprint density at radius 2 is 2.06 bits per heavy atom. The summed E-state index contributed by atoms with van der Waals surface area (Å²) in [5.74, 6) is -0.367. The lowest BCUT2D eigenvalue weighted by Crippen LogP contribution is -2.30. The highest BCUT2D eigenvalue weighted by atomic mass is 16.3. The fraction of sp³-hybridized carbons (Fsp3) is 0.556. The second kappa shape index (κ2) is 3.76. The molecule has 0 unspecified atom stereocenters. The lowest BCUT2D eigenvalue weighted by molar-refractivity contribution is 0.0572. The summed E-state index contributed by atoms with van der Waals surface area (Å²) in [6.45, 7) is 0.214. The van der Waals surface area contributed by atoms with Gasteiger partial charge < -0.3 is 20.8 Å². The molecule has 7 heteroatoms. The summed E-state index contributed by atoms with van der Waals surface area (Å²) in [4.78, 5) is 13.3. The third-order valence-corrected chi connectivity index (χ3v) is 2.61. The number of aliphatic hydroxyl groups excluding tert-OH is 2. The monoisotopic (exact) mass is 226 g/mol. The SMILES string of the molecule is Cn1cc(N)c(C(=O)N2C[C@@H](O)[C@@H](O)C2)n1. The van der Waals surface area contributed by atoms with E-state index in [-0.39, 0.29) is 24.7 Å². The van der Waals surface area contributed by atoms with Crippen molar-refractivity contribution >= 4 is 11.6 Å². The molecule has 0 aromatic carbocycles. The van der Waals surface area contributed by atoms with Crippen LogP contribution in [0.4, 0.5) is 5.69 Å². The number of hydrogen-bond donors (Lipinski definition) is 3. The van der Waals surface area contributed by atoms with Gasteiger partial charge in [-0.3, -0.25) is 9.48 Å². The van der Waals surface area contributed by atoms with Gasteiger partial charge in [0.1, 0.15) is 0 Å². The van der Waals surface area contributed by atoms with E-state index in [4.69, 9.17) is 5.73 Å². The average molecular weight is 226 g/mol. The summed E-state index contributed by atoms with van der Waals surface area (Å²) in [5, 5.41) is 22.6. The van der Waals surface area contributed by atoms with Crippen molar-refractivity contribution in [2.45, 2.75) is 12.2 Å². The maximum Gasteiger partial charge on any atom is 0.276 e. The summed E-state index contributed by atoms with van der Waals surface area (Å²) in [6.07, 6.45) is -0.251. The number of carbonyl (C=O) groups is 1. The molecular weight excluding hydrogens is 212 g/mol. The van der Waals surface area contributed by atoms with E-state index in [0.717, 1.165) is 0 Å². The van der Waals surface area contributed by atoms with Crippen molar-refractivity contribution in [3.8, 4) is 0 Å². The van der Waals surface area contributed by atoms with Crippen molar-refractivity contribution in [2.24, 2.45) is 7.05 Å². The van der Waals surface area contributed by atoms with Gasteiger partial charge in [-0.1, -0.05) is 0 Å². The number of amides is 1. The van der Waals surface area contributed by atoms with Gasteiger partial charge in [0.25, 0.3) is 5.91 Å². The van der Waals surface area contributed by atoms with Crippen molar-refractivity contribution in [3.05, 3.63) is 11.9 Å². The van der Waals surface area contributed by atoms with Crippen molar-refractivity contribution in [1.82, 2.24) is 14.7 Å². The van der Waals surface area contributed by atoms with Crippen molar-refractivity contribution in [1.29, 1.82) is 0 Å². The van der Waals surface area contributed by atoms with E-state index in [1.807, 2.05) is 0 Å². The van der Waals surface area contributed by atoms with Crippen LogP contribution in [0.15, 0.2) is 6.20 Å². The van der Waals surface area contributed by atoms with Gasteiger partial charge in [0.15, 0.2) is 5.69 Å². The number of carbonyl (C=O) groups excluding carboxylic acids is 1. The predicted molar refractivity (Wildman–Crippen MR) is 55.5 cm³/mol. The van der Waals surface area contributed by atoms with Crippen LogP contribution >= 0.6 is 0 Å². The average Bonchev–Trinajstić information content (AvgIpc) is 2.70. The van der Waals surface area contributed by atoms with E-state index in [9.17, 15) is 15.0 Å². The molecule has 1 saturated heterocycles. The highest BCUT2D eigenvalue weighted by molar-refractivity contribution is 5.97. The molecule has 2 atom stereocenters. The molecule has 0 spiro atoms. The number of aliphatic hydroxyl groups is 2. The first-order valence-corrected chi connectivity index (χ1v) is 4.93. The summed E-state index contributed by atoms with van der Waals surface area (Å²) in [5.41, 5.74) is 6.07. The van der Waals surface area contributed by atoms with E-state index in [1.54, 1.807) is 7.05 Å². The zero-order valence-corrected chi connectivity index (χ0v) is 8.87. The molecule has 1 fully saturated rings. The standard InChI is InChI=1S/C9H14N4O3/c1-12-2-5(10)8(11-12)9(16)13-3-6(14)7(15)4-13/h2,6-7,14-15H,3-4,10H2,1H3/t6-,7+. The van der Waals surface area contributed by atoms with E-state index < -0.39 is 12.2 Å². The minimum atomic E-state index is -0.895. The molecule has 88 valence electrons. The van der Waals surface area contributed by atoms with Gasteiger partial charge in [-0.2, -0.15) is 5.10 Å². The molecule has 0 bridgehead atoms. The summed E-state index contributed by atoms with van der Waals surface area (Å²) in [6, 6.07) is 0. The minimum absolute atomic E-state index is 0.107. The summed E-state index contributed by atoms with van der Waals surface area (Å²) in [7, 11) is 1.67. The Labute approximate surface area is 92.1 Å². The molecule has 0 aliphatic carbocycles. The quantitative estimate of drug-likeness (QED) is 0.523. The third kappa shape index (κ3) is 1.74. The van der Waals surface area contributed by atoms with E-state index in [1.165, 1.54) is 15.8 Å². The number of nitrogens with zero attached hydrogens (tertiary/aromatic N) is 3. The van der Waals surface area contributed by atoms with Crippen LogP contribution in [0.5, 0.6) is 0 Å². The largest absolute Gasteiger partial charge is 0.396 e. The number of nitrogens with two attached hydrogens (primary N) is 1. The van der Waals surface area contributed by atoms with Crippen LogP contribution in [0.3, 0.4) is 0 Å². The molecule has 1 aromatic rings. The normalized spacial score (nSPS) is 25.1. The van der Waals surface area contributed by atoms with Crippen LogP contribution in [0.25, 0.3) is 0 Å². The lowest BCUT2D eigenvalue weighted by Gasteiger charge is -2.13. The number of hydrogen-bond acceptors (Lipinski definition) is 5. The number of aromatic nitrogens is 2. The van der Waals surface area contributed by atoms with Crippen LogP contribution in [-0.2, 0) is 7.05 Å². The zero-order valence-electron chi connectivity index (χ0n) is 8.87. The second-order valence-electron chi connectivity index (χ2n) is 3.95. The number of aryl methyl sites for hydroxylation is 1. The first kappa shape index (κ1) is 10.9. The summed E-state index contributed by atoms with van der Waals surface area (Å²) < 4.78 is 1.45. The van der Waals surface area contributed by atoms with Crippen molar-refractivity contribution in [2.75, 3.05) is 18.8 Å². The van der Waals surface area contributed by atoms with Gasteiger partial charge in [0, 0.05) is 26.3 Å². The van der Waals surface area contributed by atoms with Gasteiger partial charge in [0.05, 0.1) is 17.9 Å². The smallest absolute Gasteiger partial charge is 0.276 e. The minimum Gasteiger partial charge on any atom is -0.396 e. The molecule has 0 radical (unpaired) electrons. The van der Waals surface area contributed by atoms with Gasteiger partial charge >= 0.3 is 0 Å². The molecule has 7 nitrogen and oxygen atoms in total. The Kier molecular flexibility index (Phi) is 2.56. The van der Waals surface area contributed by atoms with Crippen molar-refractivity contribution < 1.29 is 15.0 Å². The van der Waals surface area contributed by atoms with E-state index >= 15 is 0 Å². The van der Waals surface area contributed by atoms with Crippen molar-refractivity contribution in [3.63, 3.8) is 0 Å². The van der Waals surface area contributed by atoms with Gasteiger partial charge in [0.2, 0.25) is 0 Å². The Hall–Kier alpha value is -1.60. The number of nitrogen functional groups attached to an aromatic ring is 1. The molecule has 1 aromatic heterocycles. The molecule has 1 aliphatic rings. The molecule has 16 heavy (non-hydrogen) atoms. The first-order chi connectivity index (χ1) is 7.49. The summed E-state index contributed by atoms with van der Waals surface area (Å²) >= 11 is 0. The Morgan fingerprint density at radius 1 is 1.50 bits per heavy atom. The fourth-order valence-electron chi connectivity index (χ4n) is 1.76. The van der Waals surface area contributed by atoms with Crippen LogP contribution < -0.4 is 5.73 Å². The van der Waals surface area contributed by atoms with Gasteiger partial charge in [-0.05, 0) is 0 Å². The molecule has 2 heterocycles. The van der Waals surface area contributed by atoms with E-state index in [2.05, 4.69) is 5.10 Å². The number of anilines is 1. The molecule has 2 rings (SSSR count). The Balaban J connectivity index is 2.17. The maximum atomic E-state index is 11.9. The highest BCUT2D eigenvalue weighted by Crippen LogP contribution is 2.16. The Morgan fingerprint density at radius 3 is 2.50 bits per heavy atom. The predicted octanol–water partition coefficient (Wildman–Crippen LogP) is -1.82. The Bertz CT molecular complexity index is 407. The zero-order chi connectivity index (χ0) is 11.9. The van der Waals surface area contributed by atoms with Crippen LogP contribution in [-0.4, -0.2) is 56.1 Å². The number of β-amino-alcohol motifs (C(OH)–C–C–N with tert-alkyl or cyclic N) is 2. The maximum absolute atomic E-state index is 11.9.